The highest BCUT2D eigenvalue weighted by Crippen LogP contribution is 2.58. The van der Waals surface area contributed by atoms with E-state index in [1.807, 2.05) is 6.92 Å². The molecule has 1 heterocycles. The first-order chi connectivity index (χ1) is 8.37. The molecule has 0 radical (unpaired) electrons. The minimum absolute atomic E-state index is 0.286. The number of carboxylic acid groups (broad SMARTS) is 1. The number of carbonyl (C=O) groups excluding carboxylic acids is 1. The van der Waals surface area contributed by atoms with Crippen molar-refractivity contribution in [2.24, 2.45) is 17.3 Å². The van der Waals surface area contributed by atoms with Gasteiger partial charge in [-0.3, -0.25) is 9.59 Å². The Balaban J connectivity index is 2.03. The van der Waals surface area contributed by atoms with Crippen molar-refractivity contribution in [3.8, 4) is 0 Å². The van der Waals surface area contributed by atoms with Gasteiger partial charge in [0.2, 0.25) is 11.0 Å². The molecule has 0 bridgehead atoms. The minimum atomic E-state index is -0.924. The maximum Gasteiger partial charge on any atom is 0.307 e. The van der Waals surface area contributed by atoms with E-state index < -0.39 is 23.2 Å². The lowest BCUT2D eigenvalue weighted by Crippen LogP contribution is -2.17. The summed E-state index contributed by atoms with van der Waals surface area (Å²) in [5, 5.41) is 20.7. The van der Waals surface area contributed by atoms with Crippen LogP contribution in [0.4, 0.5) is 5.13 Å². The van der Waals surface area contributed by atoms with Gasteiger partial charge in [-0.1, -0.05) is 32.1 Å². The zero-order valence-corrected chi connectivity index (χ0v) is 11.2. The number of aliphatic carboxylic acids is 1. The number of hydrogen-bond donors (Lipinski definition) is 2. The zero-order chi connectivity index (χ0) is 13.5. The van der Waals surface area contributed by atoms with E-state index in [2.05, 4.69) is 15.5 Å². The third-order valence-corrected chi connectivity index (χ3v) is 4.36. The van der Waals surface area contributed by atoms with Crippen LogP contribution >= 0.6 is 11.3 Å². The maximum absolute atomic E-state index is 12.0. The normalized spacial score (nSPS) is 24.6. The van der Waals surface area contributed by atoms with E-state index in [-0.39, 0.29) is 5.91 Å². The number of aromatic nitrogens is 2. The van der Waals surface area contributed by atoms with Crippen molar-refractivity contribution in [3.05, 3.63) is 5.01 Å². The van der Waals surface area contributed by atoms with Crippen LogP contribution in [-0.2, 0) is 16.0 Å². The summed E-state index contributed by atoms with van der Waals surface area (Å²) in [4.78, 5) is 23.0. The molecule has 0 saturated heterocycles. The topological polar surface area (TPSA) is 92.2 Å². The number of carboxylic acids is 1. The molecule has 0 spiro atoms. The highest BCUT2D eigenvalue weighted by molar-refractivity contribution is 7.15. The van der Waals surface area contributed by atoms with Crippen molar-refractivity contribution in [2.45, 2.75) is 27.2 Å². The second kappa shape index (κ2) is 4.31. The largest absolute Gasteiger partial charge is 0.481 e. The van der Waals surface area contributed by atoms with Gasteiger partial charge in [0, 0.05) is 0 Å². The van der Waals surface area contributed by atoms with Gasteiger partial charge in [0.05, 0.1) is 11.8 Å². The molecule has 1 fully saturated rings. The fourth-order valence-corrected chi connectivity index (χ4v) is 2.90. The lowest BCUT2D eigenvalue weighted by atomic mass is 10.1. The summed E-state index contributed by atoms with van der Waals surface area (Å²) in [6, 6.07) is 0. The molecule has 1 aliphatic carbocycles. The fraction of sp³-hybridized carbons (Fsp3) is 0.636. The molecule has 2 N–H and O–H groups in total. The van der Waals surface area contributed by atoms with Gasteiger partial charge in [0.15, 0.2) is 0 Å². The Hall–Kier alpha value is -1.50. The maximum atomic E-state index is 12.0. The molecule has 2 rings (SSSR count). The Labute approximate surface area is 108 Å². The van der Waals surface area contributed by atoms with Crippen LogP contribution in [0.2, 0.25) is 0 Å². The molecule has 1 aromatic rings. The first kappa shape index (κ1) is 12.9. The number of anilines is 1. The molecule has 2 atom stereocenters. The van der Waals surface area contributed by atoms with E-state index in [0.717, 1.165) is 11.4 Å². The van der Waals surface area contributed by atoms with Crippen LogP contribution < -0.4 is 5.32 Å². The Morgan fingerprint density at radius 1 is 1.39 bits per heavy atom. The summed E-state index contributed by atoms with van der Waals surface area (Å²) in [5.74, 6) is -2.32. The van der Waals surface area contributed by atoms with Gasteiger partial charge in [-0.2, -0.15) is 0 Å². The summed E-state index contributed by atoms with van der Waals surface area (Å²) in [7, 11) is 0. The predicted molar refractivity (Wildman–Crippen MR) is 66.3 cm³/mol. The Kier molecular flexibility index (Phi) is 3.10. The lowest BCUT2D eigenvalue weighted by molar-refractivity contribution is -0.140. The van der Waals surface area contributed by atoms with Crippen LogP contribution in [0.25, 0.3) is 0 Å². The Morgan fingerprint density at radius 3 is 2.50 bits per heavy atom. The first-order valence-electron chi connectivity index (χ1n) is 5.74. The molecule has 0 aliphatic heterocycles. The number of carbonyl (C=O) groups is 2. The lowest BCUT2D eigenvalue weighted by Gasteiger charge is -2.01. The van der Waals surface area contributed by atoms with Gasteiger partial charge in [-0.15, -0.1) is 10.2 Å². The second-order valence-corrected chi connectivity index (χ2v) is 6.02. The van der Waals surface area contributed by atoms with E-state index in [1.54, 1.807) is 13.8 Å². The van der Waals surface area contributed by atoms with Gasteiger partial charge in [-0.25, -0.2) is 0 Å². The van der Waals surface area contributed by atoms with E-state index in [9.17, 15) is 9.59 Å². The van der Waals surface area contributed by atoms with E-state index >= 15 is 0 Å². The monoisotopic (exact) mass is 269 g/mol. The fourth-order valence-electron chi connectivity index (χ4n) is 2.22. The van der Waals surface area contributed by atoms with Crippen LogP contribution in [0.5, 0.6) is 0 Å². The molecular weight excluding hydrogens is 254 g/mol. The molecular formula is C11H15N3O3S. The Bertz CT molecular complexity index is 497. The van der Waals surface area contributed by atoms with Gasteiger partial charge >= 0.3 is 5.97 Å². The molecule has 98 valence electrons. The van der Waals surface area contributed by atoms with E-state index in [0.29, 0.717) is 5.13 Å². The smallest absolute Gasteiger partial charge is 0.307 e. The summed E-state index contributed by atoms with van der Waals surface area (Å²) >= 11 is 1.31. The molecule has 1 amide bonds. The summed E-state index contributed by atoms with van der Waals surface area (Å²) in [5.41, 5.74) is -0.492. The zero-order valence-electron chi connectivity index (χ0n) is 10.4. The number of aryl methyl sites for hydroxylation is 1. The second-order valence-electron chi connectivity index (χ2n) is 4.96. The van der Waals surface area contributed by atoms with Crippen molar-refractivity contribution in [1.82, 2.24) is 10.2 Å². The van der Waals surface area contributed by atoms with Crippen molar-refractivity contribution in [2.75, 3.05) is 5.32 Å². The molecule has 1 aliphatic rings. The van der Waals surface area contributed by atoms with E-state index in [4.69, 9.17) is 5.11 Å². The van der Waals surface area contributed by atoms with Gasteiger partial charge < -0.3 is 10.4 Å². The van der Waals surface area contributed by atoms with Crippen LogP contribution in [0.15, 0.2) is 0 Å². The SMILES string of the molecule is CCc1nnc(NC(=O)[C@H]2[C@@H](C(=O)O)C2(C)C)s1. The van der Waals surface area contributed by atoms with Crippen molar-refractivity contribution < 1.29 is 14.7 Å². The number of nitrogens with zero attached hydrogens (tertiary/aromatic N) is 2. The molecule has 7 heteroatoms. The van der Waals surface area contributed by atoms with Gasteiger partial charge in [-0.05, 0) is 11.8 Å². The average Bonchev–Trinajstić information content (AvgIpc) is 2.67. The van der Waals surface area contributed by atoms with Crippen molar-refractivity contribution in [1.29, 1.82) is 0 Å². The minimum Gasteiger partial charge on any atom is -0.481 e. The number of rotatable bonds is 4. The molecule has 1 saturated carbocycles. The molecule has 0 aromatic carbocycles. The summed E-state index contributed by atoms with van der Waals surface area (Å²) < 4.78 is 0. The summed E-state index contributed by atoms with van der Waals surface area (Å²) in [6.45, 7) is 5.53. The first-order valence-corrected chi connectivity index (χ1v) is 6.55. The van der Waals surface area contributed by atoms with Crippen molar-refractivity contribution in [3.63, 3.8) is 0 Å². The third kappa shape index (κ3) is 2.10. The molecule has 1 aromatic heterocycles. The molecule has 0 unspecified atom stereocenters. The Morgan fingerprint density at radius 2 is 2.06 bits per heavy atom. The molecule has 6 nitrogen and oxygen atoms in total. The van der Waals surface area contributed by atoms with E-state index in [1.165, 1.54) is 11.3 Å². The van der Waals surface area contributed by atoms with Crippen LogP contribution in [0.3, 0.4) is 0 Å². The number of amides is 1. The third-order valence-electron chi connectivity index (χ3n) is 3.38. The highest BCUT2D eigenvalue weighted by Gasteiger charge is 2.66. The van der Waals surface area contributed by atoms with Crippen LogP contribution in [0.1, 0.15) is 25.8 Å². The summed E-state index contributed by atoms with van der Waals surface area (Å²) in [6.07, 6.45) is 0.764. The number of nitrogens with one attached hydrogen (secondary N) is 1. The van der Waals surface area contributed by atoms with Crippen molar-refractivity contribution >= 4 is 28.3 Å². The van der Waals surface area contributed by atoms with Crippen LogP contribution in [-0.4, -0.2) is 27.2 Å². The number of hydrogen-bond acceptors (Lipinski definition) is 5. The van der Waals surface area contributed by atoms with Gasteiger partial charge in [0.1, 0.15) is 5.01 Å². The quantitative estimate of drug-likeness (QED) is 0.861. The molecule has 18 heavy (non-hydrogen) atoms. The highest BCUT2D eigenvalue weighted by atomic mass is 32.1. The van der Waals surface area contributed by atoms with Crippen LogP contribution in [0, 0.1) is 17.3 Å². The predicted octanol–water partition coefficient (Wildman–Crippen LogP) is 1.40. The average molecular weight is 269 g/mol. The van der Waals surface area contributed by atoms with Gasteiger partial charge in [0.25, 0.3) is 0 Å². The standard InChI is InChI=1S/C11H15N3O3S/c1-4-5-13-14-10(18-5)12-8(15)6-7(9(16)17)11(6,2)3/h6-7H,4H2,1-3H3,(H,16,17)(H,12,14,15)/t6-,7+/m1/s1.